The second-order valence-electron chi connectivity index (χ2n) is 9.08. The lowest BCUT2D eigenvalue weighted by Gasteiger charge is -2.44. The maximum absolute atomic E-state index is 11.9. The molecule has 4 heterocycles. The van der Waals surface area contributed by atoms with Gasteiger partial charge in [0, 0.05) is 17.1 Å². The molecular formula is C20H28N4O9S2. The minimum Gasteiger partial charge on any atom is -0.480 e. The first-order valence-electron chi connectivity index (χ1n) is 10.8. The molecule has 2 amide bonds. The lowest BCUT2D eigenvalue weighted by molar-refractivity contribution is -0.161. The standard InChI is InChI=1S/C12H17N3O4S.C8H11NO5S/c1-6(16)9-7-4-8(20-3-2-14-5-13)10(12(18)19)15(7)11(9)17;1-8(2)6(7(11)12)9-4(10)3-5(9)15(8,13)14/h5-7,9,16H,2-4H2,1H3,(H2,13,14)(H,18,19);5-6H,3H2,1-2H3,(H,11,12)/t6-,7-,9-;5-,6+/m11/s1. The molecule has 0 unspecified atom stereocenters. The highest BCUT2D eigenvalue weighted by atomic mass is 32.2. The summed E-state index contributed by atoms with van der Waals surface area (Å²) in [6, 6.07) is -1.48. The highest BCUT2D eigenvalue weighted by molar-refractivity contribution is 8.03. The Labute approximate surface area is 205 Å². The predicted octanol–water partition coefficient (Wildman–Crippen LogP) is -1.18. The van der Waals surface area contributed by atoms with Gasteiger partial charge in [-0.1, -0.05) is 0 Å². The van der Waals surface area contributed by atoms with Crippen LogP contribution in [0.5, 0.6) is 0 Å². The Morgan fingerprint density at radius 3 is 2.37 bits per heavy atom. The molecule has 5 atom stereocenters. The number of thioether (sulfide) groups is 1. The van der Waals surface area contributed by atoms with Crippen LogP contribution in [0.2, 0.25) is 0 Å². The van der Waals surface area contributed by atoms with Crippen LogP contribution >= 0.6 is 11.8 Å². The molecule has 0 aromatic carbocycles. The molecule has 15 heteroatoms. The third kappa shape index (κ3) is 4.18. The number of hydrogen-bond acceptors (Lipinski definition) is 9. The van der Waals surface area contributed by atoms with Gasteiger partial charge < -0.3 is 30.9 Å². The number of aliphatic hydroxyl groups excluding tert-OH is 1. The van der Waals surface area contributed by atoms with E-state index in [0.29, 0.717) is 23.6 Å². The zero-order chi connectivity index (χ0) is 26.5. The van der Waals surface area contributed by atoms with E-state index < -0.39 is 55.9 Å². The minimum absolute atomic E-state index is 0.0543. The number of aliphatic imine (C=N–C) groups is 1. The van der Waals surface area contributed by atoms with Crippen molar-refractivity contribution < 1.29 is 42.9 Å². The lowest BCUT2D eigenvalue weighted by atomic mass is 9.83. The molecule has 194 valence electrons. The average Bonchev–Trinajstić information content (AvgIpc) is 3.12. The van der Waals surface area contributed by atoms with Gasteiger partial charge in [-0.3, -0.25) is 14.6 Å². The number of nitrogens with two attached hydrogens (primary N) is 1. The van der Waals surface area contributed by atoms with Crippen LogP contribution in [0, 0.1) is 5.92 Å². The molecule has 0 saturated carbocycles. The van der Waals surface area contributed by atoms with E-state index in [4.69, 9.17) is 10.8 Å². The number of carbonyl (C=O) groups is 4. The number of carboxylic acids is 2. The molecule has 0 spiro atoms. The fourth-order valence-corrected chi connectivity index (χ4v) is 8.07. The maximum atomic E-state index is 11.9. The molecule has 4 aliphatic heterocycles. The van der Waals surface area contributed by atoms with Crippen LogP contribution in [-0.4, -0.2) is 104 Å². The van der Waals surface area contributed by atoms with Crippen molar-refractivity contribution in [2.75, 3.05) is 12.3 Å². The predicted molar refractivity (Wildman–Crippen MR) is 125 cm³/mol. The van der Waals surface area contributed by atoms with E-state index in [2.05, 4.69) is 4.99 Å². The van der Waals surface area contributed by atoms with Gasteiger partial charge >= 0.3 is 11.9 Å². The van der Waals surface area contributed by atoms with Gasteiger partial charge in [0.2, 0.25) is 11.8 Å². The number of carbonyl (C=O) groups excluding carboxylic acids is 2. The van der Waals surface area contributed by atoms with Gasteiger partial charge in [0.05, 0.1) is 42.1 Å². The number of aliphatic carboxylic acids is 2. The normalized spacial score (nSPS) is 30.7. The van der Waals surface area contributed by atoms with Gasteiger partial charge in [0.25, 0.3) is 0 Å². The molecule has 0 aliphatic carbocycles. The summed E-state index contributed by atoms with van der Waals surface area (Å²) >= 11 is 1.38. The summed E-state index contributed by atoms with van der Waals surface area (Å²) in [5, 5.41) is 26.9. The molecular weight excluding hydrogens is 504 g/mol. The van der Waals surface area contributed by atoms with E-state index in [1.807, 2.05) is 0 Å². The van der Waals surface area contributed by atoms with Crippen molar-refractivity contribution in [3.63, 3.8) is 0 Å². The number of carboxylic acid groups (broad SMARTS) is 2. The summed E-state index contributed by atoms with van der Waals surface area (Å²) in [6.45, 7) is 4.76. The van der Waals surface area contributed by atoms with Crippen LogP contribution in [-0.2, 0) is 29.0 Å². The molecule has 0 aromatic rings. The Balaban J connectivity index is 0.000000203. The Hall–Kier alpha value is -2.65. The van der Waals surface area contributed by atoms with Crippen molar-refractivity contribution >= 4 is 51.7 Å². The maximum Gasteiger partial charge on any atom is 0.353 e. The highest BCUT2D eigenvalue weighted by Gasteiger charge is 2.67. The number of amides is 2. The van der Waals surface area contributed by atoms with Crippen molar-refractivity contribution in [3.05, 3.63) is 10.6 Å². The molecule has 0 radical (unpaired) electrons. The fraction of sp³-hybridized carbons (Fsp3) is 0.650. The van der Waals surface area contributed by atoms with E-state index in [0.717, 1.165) is 4.90 Å². The second kappa shape index (κ2) is 9.43. The molecule has 3 fully saturated rings. The highest BCUT2D eigenvalue weighted by Crippen LogP contribution is 2.47. The van der Waals surface area contributed by atoms with Crippen LogP contribution in [0.25, 0.3) is 0 Å². The van der Waals surface area contributed by atoms with E-state index in [-0.39, 0.29) is 24.1 Å². The summed E-state index contributed by atoms with van der Waals surface area (Å²) in [7, 11) is -3.57. The molecule has 4 rings (SSSR count). The molecule has 4 aliphatic rings. The largest absolute Gasteiger partial charge is 0.480 e. The summed E-state index contributed by atoms with van der Waals surface area (Å²) in [5.41, 5.74) is 5.19. The number of aliphatic hydroxyl groups is 1. The van der Waals surface area contributed by atoms with Gasteiger partial charge in [-0.2, -0.15) is 0 Å². The van der Waals surface area contributed by atoms with E-state index in [1.54, 1.807) is 6.92 Å². The van der Waals surface area contributed by atoms with Crippen molar-refractivity contribution in [1.82, 2.24) is 9.80 Å². The van der Waals surface area contributed by atoms with Gasteiger partial charge in [0.15, 0.2) is 9.84 Å². The number of nitrogens with zero attached hydrogens (tertiary/aromatic N) is 3. The summed E-state index contributed by atoms with van der Waals surface area (Å²) in [5.74, 6) is -2.97. The molecule has 3 saturated heterocycles. The molecule has 5 N–H and O–H groups in total. The van der Waals surface area contributed by atoms with Gasteiger partial charge in [-0.05, 0) is 20.8 Å². The summed E-state index contributed by atoms with van der Waals surface area (Å²) < 4.78 is 22.4. The van der Waals surface area contributed by atoms with Crippen molar-refractivity contribution in [1.29, 1.82) is 0 Å². The van der Waals surface area contributed by atoms with Crippen LogP contribution in [0.1, 0.15) is 33.6 Å². The Kier molecular flexibility index (Phi) is 7.26. The Bertz CT molecular complexity index is 1120. The monoisotopic (exact) mass is 532 g/mol. The van der Waals surface area contributed by atoms with Crippen LogP contribution < -0.4 is 5.73 Å². The zero-order valence-corrected chi connectivity index (χ0v) is 21.0. The van der Waals surface area contributed by atoms with Gasteiger partial charge in [-0.15, -0.1) is 11.8 Å². The molecule has 35 heavy (non-hydrogen) atoms. The van der Waals surface area contributed by atoms with Crippen LogP contribution in [0.3, 0.4) is 0 Å². The first kappa shape index (κ1) is 26.9. The zero-order valence-electron chi connectivity index (χ0n) is 19.3. The number of fused-ring (bicyclic) bond motifs is 2. The molecule has 0 aromatic heterocycles. The number of hydrogen-bond donors (Lipinski definition) is 4. The third-order valence-corrected chi connectivity index (χ3v) is 10.6. The average molecular weight is 533 g/mol. The van der Waals surface area contributed by atoms with Gasteiger partial charge in [0.1, 0.15) is 17.1 Å². The van der Waals surface area contributed by atoms with Crippen LogP contribution in [0.4, 0.5) is 0 Å². The van der Waals surface area contributed by atoms with E-state index in [1.165, 1.54) is 36.8 Å². The number of sulfone groups is 1. The summed E-state index contributed by atoms with van der Waals surface area (Å²) in [4.78, 5) is 52.3. The van der Waals surface area contributed by atoms with Crippen molar-refractivity contribution in [2.45, 2.75) is 61.9 Å². The lowest BCUT2D eigenvalue weighted by Crippen LogP contribution is -2.61. The Morgan fingerprint density at radius 2 is 1.91 bits per heavy atom. The van der Waals surface area contributed by atoms with Crippen LogP contribution in [0.15, 0.2) is 15.6 Å². The number of rotatable bonds is 7. The molecule has 0 bridgehead atoms. The first-order chi connectivity index (χ1) is 16.2. The topological polar surface area (TPSA) is 208 Å². The smallest absolute Gasteiger partial charge is 0.353 e. The van der Waals surface area contributed by atoms with Gasteiger partial charge in [-0.25, -0.2) is 18.0 Å². The fourth-order valence-electron chi connectivity index (χ4n) is 4.88. The van der Waals surface area contributed by atoms with Crippen molar-refractivity contribution in [2.24, 2.45) is 16.6 Å². The van der Waals surface area contributed by atoms with E-state index in [9.17, 15) is 37.8 Å². The minimum atomic E-state index is -3.57. The third-order valence-electron chi connectivity index (χ3n) is 6.70. The Morgan fingerprint density at radius 1 is 1.29 bits per heavy atom. The summed E-state index contributed by atoms with van der Waals surface area (Å²) in [6.07, 6.45) is 0.849. The second-order valence-corrected chi connectivity index (χ2v) is 13.0. The number of β-lactam (4-membered cyclic amide) rings is 2. The van der Waals surface area contributed by atoms with E-state index >= 15 is 0 Å². The SMILES string of the molecule is CC1(C)[C@H](C(=O)O)N2C(=O)C[C@H]2S1(=O)=O.C[C@@H](O)[C@H]1C(=O)N2C(C(=O)O)=C(SCCN=CN)C[C@H]12. The van der Waals surface area contributed by atoms with Crippen molar-refractivity contribution in [3.8, 4) is 0 Å². The quantitative estimate of drug-likeness (QED) is 0.133. The first-order valence-corrected chi connectivity index (χ1v) is 13.3. The molecule has 13 nitrogen and oxygen atoms in total.